The van der Waals surface area contributed by atoms with Gasteiger partial charge in [-0.1, -0.05) is 277 Å². The molecule has 76 heavy (non-hydrogen) atoms. The van der Waals surface area contributed by atoms with Crippen LogP contribution >= 0.6 is 0 Å². The van der Waals surface area contributed by atoms with E-state index in [-0.39, 0.29) is 12.5 Å². The molecule has 2 fully saturated rings. The Balaban J connectivity index is 1.60. The monoisotopic (exact) mass is 1090 g/mol. The molecule has 0 aromatic heterocycles. The Bertz CT molecular complexity index is 1280. The van der Waals surface area contributed by atoms with Crippen LogP contribution < -0.4 is 5.32 Å². The van der Waals surface area contributed by atoms with Crippen LogP contribution in [0.25, 0.3) is 0 Å². The standard InChI is InChI=1S/C62H121NO13/c1-3-5-7-9-11-13-15-16-17-18-19-20-21-22-23-24-25-26-27-28-29-30-31-32-33-34-36-38-40-42-44-46-54(67)63-50(51(66)45-43-41-39-37-35-14-12-10-8-6-4-2)49-73-61-59(72)57(70)60(53(48-65)75-61)76-62-58(71)56(69)55(68)52(47-64)74-62/h50-53,55-62,64-66,68-72H,3-49H2,1-2H3,(H,63,67). The molecule has 2 rings (SSSR count). The predicted octanol–water partition coefficient (Wildman–Crippen LogP) is 11.7. The van der Waals surface area contributed by atoms with Crippen molar-refractivity contribution < 1.29 is 64.6 Å². The Kier molecular flexibility index (Phi) is 45.5. The van der Waals surface area contributed by atoms with Crippen molar-refractivity contribution in [2.75, 3.05) is 19.8 Å². The van der Waals surface area contributed by atoms with Gasteiger partial charge in [0.05, 0.1) is 32.0 Å². The molecule has 0 radical (unpaired) electrons. The summed E-state index contributed by atoms with van der Waals surface area (Å²) in [5, 5.41) is 87.2. The van der Waals surface area contributed by atoms with Gasteiger partial charge in [-0.25, -0.2) is 0 Å². The minimum absolute atomic E-state index is 0.201. The maximum atomic E-state index is 13.3. The molecule has 1 amide bonds. The Hall–Kier alpha value is -1.01. The van der Waals surface area contributed by atoms with Crippen molar-refractivity contribution in [1.82, 2.24) is 5.32 Å². The molecule has 14 heteroatoms. The molecule has 14 nitrogen and oxygen atoms in total. The number of carbonyl (C=O) groups is 1. The smallest absolute Gasteiger partial charge is 0.220 e. The first-order chi connectivity index (χ1) is 37.1. The van der Waals surface area contributed by atoms with E-state index in [0.717, 1.165) is 51.4 Å². The first-order valence-corrected chi connectivity index (χ1v) is 32.3. The molecule has 2 saturated heterocycles. The molecule has 0 saturated carbocycles. The molecule has 2 aliphatic heterocycles. The first kappa shape index (κ1) is 71.1. The molecule has 2 heterocycles. The average Bonchev–Trinajstić information content (AvgIpc) is 3.42. The predicted molar refractivity (Wildman–Crippen MR) is 305 cm³/mol. The number of carbonyl (C=O) groups excluding carboxylic acids is 1. The van der Waals surface area contributed by atoms with Crippen molar-refractivity contribution in [3.05, 3.63) is 0 Å². The van der Waals surface area contributed by atoms with Crippen LogP contribution in [0.3, 0.4) is 0 Å². The van der Waals surface area contributed by atoms with Crippen LogP contribution in [0.1, 0.15) is 296 Å². The lowest BCUT2D eigenvalue weighted by Crippen LogP contribution is -2.65. The van der Waals surface area contributed by atoms with Crippen LogP contribution in [0, 0.1) is 0 Å². The molecular weight excluding hydrogens is 967 g/mol. The number of hydrogen-bond donors (Lipinski definition) is 9. The SMILES string of the molecule is CCCCCCCCCCCCCCCCCCCCCCCCCCCCCCCCCC(=O)NC(COC1OC(CO)C(OC2OC(CO)C(O)C(O)C2O)C(O)C1O)C(O)CCCCCCCCCCCCC. The minimum Gasteiger partial charge on any atom is -0.394 e. The molecule has 12 unspecified atom stereocenters. The quantitative estimate of drug-likeness (QED) is 0.0259. The zero-order valence-electron chi connectivity index (χ0n) is 48.8. The van der Waals surface area contributed by atoms with Gasteiger partial charge in [-0.05, 0) is 12.8 Å². The van der Waals surface area contributed by atoms with Gasteiger partial charge in [0.15, 0.2) is 12.6 Å². The van der Waals surface area contributed by atoms with E-state index in [1.807, 2.05) is 0 Å². The molecule has 0 aliphatic carbocycles. The molecule has 12 atom stereocenters. The number of amides is 1. The summed E-state index contributed by atoms with van der Waals surface area (Å²) >= 11 is 0. The number of nitrogens with one attached hydrogen (secondary N) is 1. The molecule has 9 N–H and O–H groups in total. The number of ether oxygens (including phenoxy) is 4. The van der Waals surface area contributed by atoms with Gasteiger partial charge in [0, 0.05) is 6.42 Å². The summed E-state index contributed by atoms with van der Waals surface area (Å²) in [6.07, 6.45) is 38.6. The maximum absolute atomic E-state index is 13.3. The highest BCUT2D eigenvalue weighted by molar-refractivity contribution is 5.76. The number of rotatable bonds is 53. The van der Waals surface area contributed by atoms with Crippen LogP contribution in [0.2, 0.25) is 0 Å². The largest absolute Gasteiger partial charge is 0.394 e. The van der Waals surface area contributed by atoms with E-state index < -0.39 is 86.8 Å². The second-order valence-electron chi connectivity index (χ2n) is 23.3. The number of aliphatic hydroxyl groups excluding tert-OH is 8. The normalized spacial score (nSPS) is 24.8. The Labute approximate surface area is 464 Å². The molecular formula is C62H121NO13. The highest BCUT2D eigenvalue weighted by atomic mass is 16.7. The van der Waals surface area contributed by atoms with Gasteiger partial charge in [-0.15, -0.1) is 0 Å². The van der Waals surface area contributed by atoms with Crippen molar-refractivity contribution in [3.63, 3.8) is 0 Å². The maximum Gasteiger partial charge on any atom is 0.220 e. The third-order valence-electron chi connectivity index (χ3n) is 16.3. The Morgan fingerprint density at radius 3 is 1.12 bits per heavy atom. The van der Waals surface area contributed by atoms with E-state index in [4.69, 9.17) is 18.9 Å². The molecule has 452 valence electrons. The summed E-state index contributed by atoms with van der Waals surface area (Å²) in [6, 6.07) is -0.822. The van der Waals surface area contributed by atoms with E-state index >= 15 is 0 Å². The van der Waals surface area contributed by atoms with E-state index in [1.54, 1.807) is 0 Å². The van der Waals surface area contributed by atoms with Crippen molar-refractivity contribution in [1.29, 1.82) is 0 Å². The fraction of sp³-hybridized carbons (Fsp3) is 0.984. The first-order valence-electron chi connectivity index (χ1n) is 32.3. The van der Waals surface area contributed by atoms with Crippen LogP contribution in [0.15, 0.2) is 0 Å². The number of unbranched alkanes of at least 4 members (excludes halogenated alkanes) is 40. The van der Waals surface area contributed by atoms with Gasteiger partial charge in [-0.3, -0.25) is 4.79 Å². The lowest BCUT2D eigenvalue weighted by atomic mass is 9.97. The zero-order chi connectivity index (χ0) is 55.3. The molecule has 0 spiro atoms. The van der Waals surface area contributed by atoms with Gasteiger partial charge in [0.1, 0.15) is 48.8 Å². The van der Waals surface area contributed by atoms with Crippen molar-refractivity contribution >= 4 is 5.91 Å². The topological polar surface area (TPSA) is 228 Å². The van der Waals surface area contributed by atoms with Crippen LogP contribution in [-0.2, 0) is 23.7 Å². The second kappa shape index (κ2) is 48.7. The van der Waals surface area contributed by atoms with E-state index in [9.17, 15) is 45.6 Å². The fourth-order valence-corrected chi connectivity index (χ4v) is 11.1. The van der Waals surface area contributed by atoms with Gasteiger partial charge >= 0.3 is 0 Å². The highest BCUT2D eigenvalue weighted by Gasteiger charge is 2.51. The fourth-order valence-electron chi connectivity index (χ4n) is 11.1. The average molecular weight is 1090 g/mol. The third kappa shape index (κ3) is 33.7. The van der Waals surface area contributed by atoms with Crippen LogP contribution in [0.5, 0.6) is 0 Å². The van der Waals surface area contributed by atoms with Gasteiger partial charge in [0.25, 0.3) is 0 Å². The van der Waals surface area contributed by atoms with Gasteiger partial charge < -0.3 is 65.1 Å². The molecule has 0 bridgehead atoms. The number of aliphatic hydroxyl groups is 8. The molecule has 2 aliphatic rings. The van der Waals surface area contributed by atoms with E-state index in [1.165, 1.54) is 218 Å². The summed E-state index contributed by atoms with van der Waals surface area (Å²) in [7, 11) is 0. The summed E-state index contributed by atoms with van der Waals surface area (Å²) in [6.45, 7) is 2.88. The summed E-state index contributed by atoms with van der Waals surface area (Å²) < 4.78 is 22.8. The van der Waals surface area contributed by atoms with Gasteiger partial charge in [-0.2, -0.15) is 0 Å². The highest BCUT2D eigenvalue weighted by Crippen LogP contribution is 2.30. The van der Waals surface area contributed by atoms with Gasteiger partial charge in [0.2, 0.25) is 5.91 Å². The lowest BCUT2D eigenvalue weighted by molar-refractivity contribution is -0.359. The second-order valence-corrected chi connectivity index (χ2v) is 23.3. The lowest BCUT2D eigenvalue weighted by Gasteiger charge is -2.46. The van der Waals surface area contributed by atoms with E-state index in [2.05, 4.69) is 19.2 Å². The van der Waals surface area contributed by atoms with Crippen LogP contribution in [0.4, 0.5) is 0 Å². The van der Waals surface area contributed by atoms with Crippen molar-refractivity contribution in [2.24, 2.45) is 0 Å². The Morgan fingerprint density at radius 1 is 0.421 bits per heavy atom. The van der Waals surface area contributed by atoms with Crippen LogP contribution in [-0.4, -0.2) is 140 Å². The minimum atomic E-state index is -1.78. The summed E-state index contributed by atoms with van der Waals surface area (Å²) in [5.74, 6) is -0.201. The summed E-state index contributed by atoms with van der Waals surface area (Å²) in [5.41, 5.74) is 0. The molecule has 0 aromatic carbocycles. The van der Waals surface area contributed by atoms with Crippen molar-refractivity contribution in [3.8, 4) is 0 Å². The summed E-state index contributed by atoms with van der Waals surface area (Å²) in [4.78, 5) is 13.3. The Morgan fingerprint density at radius 2 is 0.750 bits per heavy atom. The number of hydrogen-bond acceptors (Lipinski definition) is 13. The van der Waals surface area contributed by atoms with Crippen molar-refractivity contribution in [2.45, 2.75) is 370 Å². The zero-order valence-corrected chi connectivity index (χ0v) is 48.8. The van der Waals surface area contributed by atoms with E-state index in [0.29, 0.717) is 12.8 Å². The third-order valence-corrected chi connectivity index (χ3v) is 16.3. The molecule has 0 aromatic rings.